The first kappa shape index (κ1) is 14.5. The summed E-state index contributed by atoms with van der Waals surface area (Å²) in [4.78, 5) is 32.1. The maximum atomic E-state index is 11.2. The highest BCUT2D eigenvalue weighted by Gasteiger charge is 2.20. The summed E-state index contributed by atoms with van der Waals surface area (Å²) in [5.41, 5.74) is 0.698. The molecule has 0 aliphatic rings. The summed E-state index contributed by atoms with van der Waals surface area (Å²) in [6, 6.07) is 4.12. The lowest BCUT2D eigenvalue weighted by atomic mass is 9.99. The molecule has 0 bridgehead atoms. The van der Waals surface area contributed by atoms with Gasteiger partial charge in [-0.2, -0.15) is 0 Å². The van der Waals surface area contributed by atoms with Crippen LogP contribution in [-0.2, 0) is 9.59 Å². The van der Waals surface area contributed by atoms with E-state index < -0.39 is 16.9 Å². The summed E-state index contributed by atoms with van der Waals surface area (Å²) in [5.74, 6) is -1.60. The summed E-state index contributed by atoms with van der Waals surface area (Å²) < 4.78 is 0. The third-order valence-electron chi connectivity index (χ3n) is 2.34. The molecule has 0 saturated carbocycles. The van der Waals surface area contributed by atoms with Gasteiger partial charge in [0.05, 0.1) is 4.83 Å². The van der Waals surface area contributed by atoms with Crippen LogP contribution in [0, 0.1) is 0 Å². The number of aldehydes is 1. The van der Waals surface area contributed by atoms with Gasteiger partial charge in [-0.25, -0.2) is 4.79 Å². The Morgan fingerprint density at radius 2 is 1.83 bits per heavy atom. The number of carbonyl (C=O) groups excluding carboxylic acids is 2. The Balaban J connectivity index is 3.29. The van der Waals surface area contributed by atoms with Crippen molar-refractivity contribution < 1.29 is 24.6 Å². The van der Waals surface area contributed by atoms with Gasteiger partial charge in [0.2, 0.25) is 0 Å². The van der Waals surface area contributed by atoms with E-state index in [1.807, 2.05) is 0 Å². The normalized spacial score (nSPS) is 13.7. The number of aliphatic hydroxyl groups is 1. The molecule has 0 radical (unpaired) electrons. The summed E-state index contributed by atoms with van der Waals surface area (Å²) in [5, 5.41) is 18.2. The molecule has 0 saturated heterocycles. The number of ketones is 1. The van der Waals surface area contributed by atoms with Crippen LogP contribution in [0.2, 0.25) is 0 Å². The Labute approximate surface area is 112 Å². The Kier molecular flexibility index (Phi) is 4.75. The van der Waals surface area contributed by atoms with E-state index >= 15 is 0 Å². The van der Waals surface area contributed by atoms with Gasteiger partial charge in [-0.1, -0.05) is 22.0 Å². The minimum Gasteiger partial charge on any atom is -0.479 e. The molecule has 18 heavy (non-hydrogen) atoms. The molecule has 0 aliphatic carbocycles. The van der Waals surface area contributed by atoms with E-state index in [1.54, 1.807) is 0 Å². The Hall–Kier alpha value is -1.53. The number of hydrogen-bond donors (Lipinski definition) is 2. The number of alkyl halides is 1. The number of aliphatic carboxylic acids is 1. The van der Waals surface area contributed by atoms with Crippen LogP contribution in [0.15, 0.2) is 18.2 Å². The minimum atomic E-state index is -1.73. The van der Waals surface area contributed by atoms with E-state index in [0.29, 0.717) is 11.8 Å². The second kappa shape index (κ2) is 5.88. The number of carboxylic acid groups (broad SMARTS) is 1. The highest BCUT2D eigenvalue weighted by atomic mass is 79.9. The van der Waals surface area contributed by atoms with Crippen LogP contribution in [0.4, 0.5) is 0 Å². The molecule has 0 spiro atoms. The number of Topliss-reactive ketones (excluding diaryl/α,β-unsaturated/α-hetero) is 1. The van der Waals surface area contributed by atoms with Gasteiger partial charge < -0.3 is 10.2 Å². The zero-order valence-corrected chi connectivity index (χ0v) is 11.0. The smallest absolute Gasteiger partial charge is 0.337 e. The largest absolute Gasteiger partial charge is 0.479 e. The zero-order chi connectivity index (χ0) is 13.9. The zero-order valence-electron chi connectivity index (χ0n) is 9.46. The highest BCUT2D eigenvalue weighted by molar-refractivity contribution is 9.09. The van der Waals surface area contributed by atoms with Crippen molar-refractivity contribution in [3.05, 3.63) is 34.9 Å². The van der Waals surface area contributed by atoms with Gasteiger partial charge in [-0.15, -0.1) is 0 Å². The molecule has 96 valence electrons. The number of halogens is 1. The number of hydrogen-bond acceptors (Lipinski definition) is 4. The van der Waals surface area contributed by atoms with E-state index in [4.69, 9.17) is 5.11 Å². The van der Waals surface area contributed by atoms with Crippen LogP contribution in [0.5, 0.6) is 0 Å². The first-order chi connectivity index (χ1) is 8.36. The summed E-state index contributed by atoms with van der Waals surface area (Å²) in [6.45, 7) is 1.36. The van der Waals surface area contributed by atoms with Crippen molar-refractivity contribution in [2.75, 3.05) is 0 Å². The van der Waals surface area contributed by atoms with Gasteiger partial charge in [0.1, 0.15) is 12.1 Å². The molecule has 1 aromatic carbocycles. The molecule has 6 heteroatoms. The SMILES string of the molecule is CC(=O)C(Br)c1cc(C=O)cc(C(O)C(=O)O)c1. The second-order valence-electron chi connectivity index (χ2n) is 3.76. The number of benzene rings is 1. The molecule has 1 rings (SSSR count). The van der Waals surface area contributed by atoms with Crippen molar-refractivity contribution in [2.45, 2.75) is 17.9 Å². The van der Waals surface area contributed by atoms with Gasteiger partial charge in [0.15, 0.2) is 6.10 Å². The average Bonchev–Trinajstić information content (AvgIpc) is 2.35. The molecule has 0 fully saturated rings. The first-order valence-electron chi connectivity index (χ1n) is 5.02. The summed E-state index contributed by atoms with van der Waals surface area (Å²) >= 11 is 3.14. The number of rotatable bonds is 5. The fraction of sp³-hybridized carbons (Fsp3) is 0.250. The van der Waals surface area contributed by atoms with E-state index in [1.165, 1.54) is 25.1 Å². The summed E-state index contributed by atoms with van der Waals surface area (Å²) in [6.07, 6.45) is -1.20. The van der Waals surface area contributed by atoms with Gasteiger partial charge in [-0.05, 0) is 30.2 Å². The first-order valence-corrected chi connectivity index (χ1v) is 5.94. The Morgan fingerprint density at radius 1 is 1.28 bits per heavy atom. The topological polar surface area (TPSA) is 91.7 Å². The van der Waals surface area contributed by atoms with Crippen LogP contribution in [0.25, 0.3) is 0 Å². The molecule has 2 N–H and O–H groups in total. The number of carbonyl (C=O) groups is 3. The van der Waals surface area contributed by atoms with Crippen LogP contribution < -0.4 is 0 Å². The molecule has 5 nitrogen and oxygen atoms in total. The Morgan fingerprint density at radius 3 is 2.28 bits per heavy atom. The van der Waals surface area contributed by atoms with Crippen molar-refractivity contribution in [1.29, 1.82) is 0 Å². The molecular formula is C12H11BrO5. The molecule has 0 aliphatic heterocycles. The van der Waals surface area contributed by atoms with Crippen molar-refractivity contribution in [1.82, 2.24) is 0 Å². The monoisotopic (exact) mass is 314 g/mol. The van der Waals surface area contributed by atoms with Gasteiger partial charge >= 0.3 is 5.97 Å². The van der Waals surface area contributed by atoms with E-state index in [9.17, 15) is 19.5 Å². The van der Waals surface area contributed by atoms with Gasteiger partial charge in [0, 0.05) is 5.56 Å². The molecule has 0 heterocycles. The van der Waals surface area contributed by atoms with Crippen molar-refractivity contribution in [2.24, 2.45) is 0 Å². The third kappa shape index (κ3) is 3.24. The van der Waals surface area contributed by atoms with E-state index in [0.717, 1.165) is 0 Å². The van der Waals surface area contributed by atoms with Crippen molar-refractivity contribution >= 4 is 34.0 Å². The molecular weight excluding hydrogens is 304 g/mol. The van der Waals surface area contributed by atoms with E-state index in [-0.39, 0.29) is 16.9 Å². The minimum absolute atomic E-state index is 0.0628. The number of aliphatic hydroxyl groups excluding tert-OH is 1. The van der Waals surface area contributed by atoms with Crippen molar-refractivity contribution in [3.8, 4) is 0 Å². The van der Waals surface area contributed by atoms with E-state index in [2.05, 4.69) is 15.9 Å². The lowest BCUT2D eigenvalue weighted by molar-refractivity contribution is -0.146. The average molecular weight is 315 g/mol. The molecule has 1 aromatic rings. The predicted octanol–water partition coefficient (Wildman–Crippen LogP) is 1.64. The number of carboxylic acids is 1. The molecule has 2 atom stereocenters. The lowest BCUT2D eigenvalue weighted by Gasteiger charge is -2.12. The Bertz CT molecular complexity index is 459. The van der Waals surface area contributed by atoms with Crippen LogP contribution in [0.3, 0.4) is 0 Å². The van der Waals surface area contributed by atoms with Crippen LogP contribution in [-0.4, -0.2) is 28.3 Å². The molecule has 0 aromatic heterocycles. The molecule has 2 unspecified atom stereocenters. The van der Waals surface area contributed by atoms with Gasteiger partial charge in [0.25, 0.3) is 0 Å². The fourth-order valence-electron chi connectivity index (χ4n) is 1.45. The quantitative estimate of drug-likeness (QED) is 0.637. The van der Waals surface area contributed by atoms with Crippen LogP contribution >= 0.6 is 15.9 Å². The third-order valence-corrected chi connectivity index (χ3v) is 3.51. The second-order valence-corrected chi connectivity index (χ2v) is 4.68. The van der Waals surface area contributed by atoms with Crippen LogP contribution in [0.1, 0.15) is 39.3 Å². The van der Waals surface area contributed by atoms with Gasteiger partial charge in [-0.3, -0.25) is 9.59 Å². The molecule has 0 amide bonds. The predicted molar refractivity (Wildman–Crippen MR) is 66.8 cm³/mol. The highest BCUT2D eigenvalue weighted by Crippen LogP contribution is 2.27. The van der Waals surface area contributed by atoms with Crippen molar-refractivity contribution in [3.63, 3.8) is 0 Å². The summed E-state index contributed by atoms with van der Waals surface area (Å²) in [7, 11) is 0. The fourth-order valence-corrected chi connectivity index (χ4v) is 1.72. The standard InChI is InChI=1S/C12H11BrO5/c1-6(15)10(13)8-2-7(5-14)3-9(4-8)11(16)12(17)18/h2-5,10-11,16H,1H3,(H,17,18). The lowest BCUT2D eigenvalue weighted by Crippen LogP contribution is -2.12. The maximum absolute atomic E-state index is 11.2. The maximum Gasteiger partial charge on any atom is 0.337 e.